The summed E-state index contributed by atoms with van der Waals surface area (Å²) in [6.45, 7) is 4.21. The first kappa shape index (κ1) is 22.2. The van der Waals surface area contributed by atoms with Crippen LogP contribution >= 0.6 is 0 Å². The van der Waals surface area contributed by atoms with Crippen LogP contribution in [0.4, 0.5) is 5.82 Å². The average molecular weight is 436 g/mol. The van der Waals surface area contributed by atoms with Crippen LogP contribution in [0.3, 0.4) is 0 Å². The second kappa shape index (κ2) is 9.27. The van der Waals surface area contributed by atoms with E-state index < -0.39 is 0 Å². The Hall–Kier alpha value is -2.96. The zero-order valence-electron chi connectivity index (χ0n) is 19.5. The third kappa shape index (κ3) is 4.92. The highest BCUT2D eigenvalue weighted by Gasteiger charge is 2.31. The molecule has 2 aliphatic heterocycles. The minimum atomic E-state index is 0.115. The Labute approximate surface area is 190 Å². The number of piperidine rings is 1. The van der Waals surface area contributed by atoms with Gasteiger partial charge < -0.3 is 14.7 Å². The minimum absolute atomic E-state index is 0.115. The Bertz CT molecular complexity index is 998. The molecular weight excluding hydrogens is 402 g/mol. The van der Waals surface area contributed by atoms with E-state index >= 15 is 0 Å². The molecule has 0 radical (unpaired) electrons. The lowest BCUT2D eigenvalue weighted by Crippen LogP contribution is -2.39. The van der Waals surface area contributed by atoms with Crippen molar-refractivity contribution >= 4 is 17.6 Å². The Balaban J connectivity index is 1.44. The van der Waals surface area contributed by atoms with Crippen molar-refractivity contribution in [2.45, 2.75) is 44.4 Å². The van der Waals surface area contributed by atoms with E-state index in [0.717, 1.165) is 48.8 Å². The molecule has 170 valence electrons. The van der Waals surface area contributed by atoms with Gasteiger partial charge in [0.25, 0.3) is 0 Å². The number of carbonyl (C=O) groups excluding carboxylic acids is 2. The molecule has 1 unspecified atom stereocenters. The molecule has 2 saturated heterocycles. The molecule has 0 aliphatic carbocycles. The van der Waals surface area contributed by atoms with Gasteiger partial charge in [-0.2, -0.15) is 0 Å². The Morgan fingerprint density at radius 2 is 1.88 bits per heavy atom. The molecule has 32 heavy (non-hydrogen) atoms. The molecule has 0 bridgehead atoms. The van der Waals surface area contributed by atoms with Gasteiger partial charge in [-0.3, -0.25) is 9.59 Å². The lowest BCUT2D eigenvalue weighted by Gasteiger charge is -2.32. The predicted octanol–water partition coefficient (Wildman–Crippen LogP) is 2.75. The molecular formula is C25H33N5O2. The summed E-state index contributed by atoms with van der Waals surface area (Å²) in [6.07, 6.45) is 2.68. The third-order valence-electron chi connectivity index (χ3n) is 6.62. The second-order valence-corrected chi connectivity index (χ2v) is 9.40. The highest BCUT2D eigenvalue weighted by atomic mass is 16.2. The van der Waals surface area contributed by atoms with Gasteiger partial charge in [0, 0.05) is 65.1 Å². The summed E-state index contributed by atoms with van der Waals surface area (Å²) in [5, 5.41) is 0. The van der Waals surface area contributed by atoms with E-state index in [9.17, 15) is 9.59 Å². The van der Waals surface area contributed by atoms with Crippen LogP contribution in [-0.4, -0.2) is 72.4 Å². The maximum absolute atomic E-state index is 12.8. The van der Waals surface area contributed by atoms with E-state index in [-0.39, 0.29) is 23.7 Å². The number of likely N-dealkylation sites (tertiary alicyclic amines) is 2. The van der Waals surface area contributed by atoms with Gasteiger partial charge in [-0.05, 0) is 25.3 Å². The Morgan fingerprint density at radius 1 is 1.12 bits per heavy atom. The van der Waals surface area contributed by atoms with Crippen molar-refractivity contribution in [2.24, 2.45) is 0 Å². The predicted molar refractivity (Wildman–Crippen MR) is 125 cm³/mol. The number of benzene rings is 1. The first-order valence-corrected chi connectivity index (χ1v) is 11.4. The lowest BCUT2D eigenvalue weighted by atomic mass is 9.94. The standard InChI is InChI=1S/C25H33N5O2/c1-17-6-5-7-18(12-17)13-24(32)30-10-8-19(9-11-30)25-26-21(15-22(27-25)28(2)3)20-14-23(31)29(4)16-20/h5-7,12,15,19-20H,8-11,13-14,16H2,1-4H3. The average Bonchev–Trinajstić information content (AvgIpc) is 3.12. The SMILES string of the molecule is Cc1cccc(CC(=O)N2CCC(c3nc(C4CC(=O)N(C)C4)cc(N(C)C)n3)CC2)c1. The molecule has 2 amide bonds. The number of anilines is 1. The molecule has 3 heterocycles. The summed E-state index contributed by atoms with van der Waals surface area (Å²) in [5.41, 5.74) is 3.20. The quantitative estimate of drug-likeness (QED) is 0.722. The highest BCUT2D eigenvalue weighted by Crippen LogP contribution is 2.32. The lowest BCUT2D eigenvalue weighted by molar-refractivity contribution is -0.131. The molecule has 2 fully saturated rings. The number of nitrogens with zero attached hydrogens (tertiary/aromatic N) is 5. The fourth-order valence-corrected chi connectivity index (χ4v) is 4.65. The molecule has 2 aliphatic rings. The largest absolute Gasteiger partial charge is 0.363 e. The fraction of sp³-hybridized carbons (Fsp3) is 0.520. The molecule has 7 nitrogen and oxygen atoms in total. The minimum Gasteiger partial charge on any atom is -0.363 e. The smallest absolute Gasteiger partial charge is 0.226 e. The van der Waals surface area contributed by atoms with E-state index in [1.807, 2.05) is 49.1 Å². The van der Waals surface area contributed by atoms with E-state index in [1.165, 1.54) is 5.56 Å². The van der Waals surface area contributed by atoms with Crippen molar-refractivity contribution in [1.82, 2.24) is 19.8 Å². The van der Waals surface area contributed by atoms with Crippen LogP contribution in [0, 0.1) is 6.92 Å². The number of likely N-dealkylation sites (N-methyl/N-ethyl adjacent to an activating group) is 1. The maximum Gasteiger partial charge on any atom is 0.226 e. The van der Waals surface area contributed by atoms with Gasteiger partial charge >= 0.3 is 0 Å². The van der Waals surface area contributed by atoms with E-state index in [1.54, 1.807) is 4.90 Å². The number of aryl methyl sites for hydroxylation is 1. The first-order valence-electron chi connectivity index (χ1n) is 11.4. The fourth-order valence-electron chi connectivity index (χ4n) is 4.65. The molecule has 1 aromatic heterocycles. The van der Waals surface area contributed by atoms with Crippen LogP contribution in [0.2, 0.25) is 0 Å². The second-order valence-electron chi connectivity index (χ2n) is 9.40. The maximum atomic E-state index is 12.8. The van der Waals surface area contributed by atoms with Gasteiger partial charge in [0.1, 0.15) is 11.6 Å². The number of aromatic nitrogens is 2. The van der Waals surface area contributed by atoms with E-state index in [2.05, 4.69) is 19.1 Å². The zero-order valence-corrected chi connectivity index (χ0v) is 19.5. The Morgan fingerprint density at radius 3 is 2.50 bits per heavy atom. The molecule has 1 aromatic carbocycles. The molecule has 7 heteroatoms. The number of hydrogen-bond acceptors (Lipinski definition) is 5. The summed E-state index contributed by atoms with van der Waals surface area (Å²) in [5.74, 6) is 2.42. The molecule has 4 rings (SSSR count). The van der Waals surface area contributed by atoms with Crippen molar-refractivity contribution in [1.29, 1.82) is 0 Å². The summed E-state index contributed by atoms with van der Waals surface area (Å²) in [4.78, 5) is 40.3. The number of rotatable bonds is 5. The van der Waals surface area contributed by atoms with Crippen molar-refractivity contribution in [2.75, 3.05) is 45.7 Å². The topological polar surface area (TPSA) is 69.6 Å². The number of amides is 2. The summed E-state index contributed by atoms with van der Waals surface area (Å²) in [6, 6.07) is 10.2. The van der Waals surface area contributed by atoms with Crippen LogP contribution in [-0.2, 0) is 16.0 Å². The normalized spacial score (nSPS) is 19.5. The molecule has 0 N–H and O–H groups in total. The third-order valence-corrected chi connectivity index (χ3v) is 6.62. The van der Waals surface area contributed by atoms with Gasteiger partial charge in [-0.15, -0.1) is 0 Å². The summed E-state index contributed by atoms with van der Waals surface area (Å²) < 4.78 is 0. The van der Waals surface area contributed by atoms with Crippen LogP contribution in [0.1, 0.15) is 53.7 Å². The van der Waals surface area contributed by atoms with Crippen molar-refractivity contribution in [3.63, 3.8) is 0 Å². The first-order chi connectivity index (χ1) is 15.3. The Kier molecular flexibility index (Phi) is 6.44. The molecule has 2 aromatic rings. The zero-order chi connectivity index (χ0) is 22.8. The van der Waals surface area contributed by atoms with E-state index in [4.69, 9.17) is 9.97 Å². The summed E-state index contributed by atoms with van der Waals surface area (Å²) >= 11 is 0. The van der Waals surface area contributed by atoms with Gasteiger partial charge in [-0.25, -0.2) is 9.97 Å². The number of hydrogen-bond donors (Lipinski definition) is 0. The highest BCUT2D eigenvalue weighted by molar-refractivity contribution is 5.79. The van der Waals surface area contributed by atoms with Crippen LogP contribution in [0.15, 0.2) is 30.3 Å². The van der Waals surface area contributed by atoms with Crippen LogP contribution in [0.5, 0.6) is 0 Å². The van der Waals surface area contributed by atoms with Gasteiger partial charge in [-0.1, -0.05) is 29.8 Å². The van der Waals surface area contributed by atoms with Crippen molar-refractivity contribution < 1.29 is 9.59 Å². The van der Waals surface area contributed by atoms with Gasteiger partial charge in [0.15, 0.2) is 0 Å². The summed E-state index contributed by atoms with van der Waals surface area (Å²) in [7, 11) is 5.81. The monoisotopic (exact) mass is 435 g/mol. The number of carbonyl (C=O) groups is 2. The van der Waals surface area contributed by atoms with E-state index in [0.29, 0.717) is 19.4 Å². The van der Waals surface area contributed by atoms with Gasteiger partial charge in [0.05, 0.1) is 12.1 Å². The van der Waals surface area contributed by atoms with Crippen LogP contribution < -0.4 is 4.90 Å². The molecule has 0 saturated carbocycles. The van der Waals surface area contributed by atoms with Crippen molar-refractivity contribution in [3.05, 3.63) is 53.0 Å². The van der Waals surface area contributed by atoms with Gasteiger partial charge in [0.2, 0.25) is 11.8 Å². The molecule has 1 atom stereocenters. The van der Waals surface area contributed by atoms with Crippen molar-refractivity contribution in [3.8, 4) is 0 Å². The molecule has 0 spiro atoms. The van der Waals surface area contributed by atoms with Crippen LogP contribution in [0.25, 0.3) is 0 Å².